The van der Waals surface area contributed by atoms with Gasteiger partial charge in [0.1, 0.15) is 0 Å². The number of hydrogen-bond acceptors (Lipinski definition) is 7. The van der Waals surface area contributed by atoms with E-state index in [4.69, 9.17) is 4.52 Å². The van der Waals surface area contributed by atoms with Crippen LogP contribution >= 0.6 is 0 Å². The Kier molecular flexibility index (Phi) is 5.55. The molecule has 144 valence electrons. The third-order valence-corrected chi connectivity index (χ3v) is 5.35. The number of aromatic nitrogens is 2. The average Bonchev–Trinajstić information content (AvgIpc) is 3.00. The second kappa shape index (κ2) is 8.05. The van der Waals surface area contributed by atoms with Gasteiger partial charge in [-0.25, -0.2) is 13.1 Å². The van der Waals surface area contributed by atoms with Gasteiger partial charge < -0.3 is 9.84 Å². The lowest BCUT2D eigenvalue weighted by molar-refractivity contribution is 0.104. The Balaban J connectivity index is 1.65. The van der Waals surface area contributed by atoms with Crippen molar-refractivity contribution in [2.45, 2.75) is 18.7 Å². The molecule has 9 heteroatoms. The van der Waals surface area contributed by atoms with Crippen molar-refractivity contribution in [1.29, 1.82) is 0 Å². The molecule has 1 aromatic carbocycles. The maximum atomic E-state index is 12.5. The number of sulfonamides is 1. The van der Waals surface area contributed by atoms with Crippen molar-refractivity contribution in [3.63, 3.8) is 0 Å². The van der Waals surface area contributed by atoms with Crippen molar-refractivity contribution < 1.29 is 17.7 Å². The second-order valence-electron chi connectivity index (χ2n) is 5.93. The summed E-state index contributed by atoms with van der Waals surface area (Å²) in [6, 6.07) is 9.32. The highest BCUT2D eigenvalue weighted by Gasteiger charge is 2.18. The van der Waals surface area contributed by atoms with Gasteiger partial charge in [0.25, 0.3) is 10.0 Å². The molecule has 0 fully saturated rings. The number of nitrogens with zero attached hydrogens (tertiary/aromatic N) is 2. The second-order valence-corrected chi connectivity index (χ2v) is 7.61. The zero-order chi connectivity index (χ0) is 20.1. The molecule has 0 aliphatic heterocycles. The van der Waals surface area contributed by atoms with Gasteiger partial charge in [0.2, 0.25) is 5.88 Å². The minimum atomic E-state index is -3.80. The third kappa shape index (κ3) is 4.44. The van der Waals surface area contributed by atoms with Crippen molar-refractivity contribution in [2.75, 3.05) is 10.0 Å². The molecule has 2 aromatic heterocycles. The smallest absolute Gasteiger partial charge is 0.264 e. The molecule has 0 saturated carbocycles. The van der Waals surface area contributed by atoms with Gasteiger partial charge in [-0.3, -0.25) is 9.78 Å². The van der Waals surface area contributed by atoms with Gasteiger partial charge in [-0.2, -0.15) is 0 Å². The van der Waals surface area contributed by atoms with Crippen LogP contribution in [0.5, 0.6) is 0 Å². The van der Waals surface area contributed by atoms with Gasteiger partial charge in [0.05, 0.1) is 10.6 Å². The van der Waals surface area contributed by atoms with Crippen molar-refractivity contribution >= 4 is 27.4 Å². The molecule has 0 bridgehead atoms. The van der Waals surface area contributed by atoms with Crippen LogP contribution in [0.4, 0.5) is 11.6 Å². The number of carbonyl (C=O) groups is 1. The highest BCUT2D eigenvalue weighted by atomic mass is 32.2. The first-order valence-corrected chi connectivity index (χ1v) is 9.78. The van der Waals surface area contributed by atoms with E-state index in [9.17, 15) is 13.2 Å². The topological polar surface area (TPSA) is 114 Å². The van der Waals surface area contributed by atoms with Crippen LogP contribution < -0.4 is 10.0 Å². The van der Waals surface area contributed by atoms with Crippen LogP contribution in [0.1, 0.15) is 21.6 Å². The molecule has 0 amide bonds. The molecule has 3 rings (SSSR count). The van der Waals surface area contributed by atoms with Crippen LogP contribution in [0.25, 0.3) is 0 Å². The lowest BCUT2D eigenvalue weighted by atomic mass is 10.2. The fourth-order valence-corrected chi connectivity index (χ4v) is 3.29. The summed E-state index contributed by atoms with van der Waals surface area (Å²) in [5.74, 6) is -0.0757. The van der Waals surface area contributed by atoms with Crippen molar-refractivity contribution in [3.05, 3.63) is 77.9 Å². The van der Waals surface area contributed by atoms with Crippen LogP contribution in [0.3, 0.4) is 0 Å². The summed E-state index contributed by atoms with van der Waals surface area (Å²) in [4.78, 5) is 15.9. The van der Waals surface area contributed by atoms with Gasteiger partial charge in [-0.05, 0) is 50.2 Å². The monoisotopic (exact) mass is 398 g/mol. The number of nitrogens with one attached hydrogen (secondary N) is 2. The molecule has 3 aromatic rings. The normalized spacial score (nSPS) is 11.5. The molecule has 0 unspecified atom stereocenters. The number of pyridine rings is 1. The van der Waals surface area contributed by atoms with E-state index < -0.39 is 10.0 Å². The highest BCUT2D eigenvalue weighted by Crippen LogP contribution is 2.22. The van der Waals surface area contributed by atoms with E-state index in [-0.39, 0.29) is 16.6 Å². The van der Waals surface area contributed by atoms with Gasteiger partial charge in [-0.1, -0.05) is 5.16 Å². The highest BCUT2D eigenvalue weighted by molar-refractivity contribution is 7.92. The lowest BCUT2D eigenvalue weighted by Gasteiger charge is -2.07. The summed E-state index contributed by atoms with van der Waals surface area (Å²) in [6.07, 6.45) is 5.97. The molecule has 0 spiro atoms. The van der Waals surface area contributed by atoms with Crippen LogP contribution in [-0.2, 0) is 10.0 Å². The van der Waals surface area contributed by atoms with Gasteiger partial charge in [-0.15, -0.1) is 0 Å². The minimum absolute atomic E-state index is 0.0725. The Labute approximate surface area is 162 Å². The summed E-state index contributed by atoms with van der Waals surface area (Å²) >= 11 is 0. The molecule has 2 heterocycles. The van der Waals surface area contributed by atoms with Gasteiger partial charge in [0.15, 0.2) is 5.78 Å². The van der Waals surface area contributed by atoms with E-state index >= 15 is 0 Å². The lowest BCUT2D eigenvalue weighted by Crippen LogP contribution is -2.13. The number of carbonyl (C=O) groups excluding carboxylic acids is 1. The van der Waals surface area contributed by atoms with Crippen molar-refractivity contribution in [1.82, 2.24) is 10.1 Å². The van der Waals surface area contributed by atoms with E-state index in [2.05, 4.69) is 20.2 Å². The molecule has 0 aliphatic carbocycles. The van der Waals surface area contributed by atoms with Crippen LogP contribution in [0, 0.1) is 13.8 Å². The number of aryl methyl sites for hydroxylation is 1. The molecule has 0 atom stereocenters. The largest absolute Gasteiger partial charge is 0.362 e. The SMILES string of the molecule is Cc1noc(NS(=O)(=O)c2ccc(N/C=C/C(=O)c3ccncc3)cc2)c1C. The number of allylic oxidation sites excluding steroid dienone is 1. The van der Waals surface area contributed by atoms with Crippen molar-refractivity contribution in [3.8, 4) is 0 Å². The number of ketones is 1. The molecular weight excluding hydrogens is 380 g/mol. The van der Waals surface area contributed by atoms with Crippen LogP contribution in [0.15, 0.2) is 70.5 Å². The maximum absolute atomic E-state index is 12.5. The zero-order valence-corrected chi connectivity index (χ0v) is 16.0. The number of benzene rings is 1. The molecule has 8 nitrogen and oxygen atoms in total. The predicted octanol–water partition coefficient (Wildman–Crippen LogP) is 3.30. The Morgan fingerprint density at radius 1 is 1.07 bits per heavy atom. The van der Waals surface area contributed by atoms with E-state index in [0.29, 0.717) is 22.5 Å². The third-order valence-electron chi connectivity index (χ3n) is 4.00. The summed E-state index contributed by atoms with van der Waals surface area (Å²) in [7, 11) is -3.80. The number of rotatable bonds is 7. The standard InChI is InChI=1S/C19H18N4O4S/c1-13-14(2)22-27-19(13)23-28(25,26)17-5-3-16(4-6-17)21-12-9-18(24)15-7-10-20-11-8-15/h3-12,21,23H,1-2H3/b12-9+. The first kappa shape index (κ1) is 19.3. The Hall–Kier alpha value is -3.46. The van der Waals surface area contributed by atoms with Crippen LogP contribution in [-0.4, -0.2) is 24.3 Å². The minimum Gasteiger partial charge on any atom is -0.362 e. The molecule has 28 heavy (non-hydrogen) atoms. The summed E-state index contributed by atoms with van der Waals surface area (Å²) < 4.78 is 32.3. The van der Waals surface area contributed by atoms with E-state index in [1.54, 1.807) is 50.5 Å². The van der Waals surface area contributed by atoms with Gasteiger partial charge >= 0.3 is 0 Å². The maximum Gasteiger partial charge on any atom is 0.264 e. The Bertz CT molecular complexity index is 1100. The summed E-state index contributed by atoms with van der Waals surface area (Å²) in [5, 5.41) is 6.65. The van der Waals surface area contributed by atoms with E-state index in [1.807, 2.05) is 0 Å². The summed E-state index contributed by atoms with van der Waals surface area (Å²) in [5.41, 5.74) is 2.40. The molecule has 0 radical (unpaired) electrons. The molecule has 2 N–H and O–H groups in total. The first-order chi connectivity index (χ1) is 13.4. The first-order valence-electron chi connectivity index (χ1n) is 8.30. The predicted molar refractivity (Wildman–Crippen MR) is 105 cm³/mol. The molecular formula is C19H18N4O4S. The van der Waals surface area contributed by atoms with Crippen molar-refractivity contribution in [2.24, 2.45) is 0 Å². The average molecular weight is 398 g/mol. The van der Waals surface area contributed by atoms with E-state index in [0.717, 1.165) is 0 Å². The quantitative estimate of drug-likeness (QED) is 0.463. The Morgan fingerprint density at radius 2 is 1.75 bits per heavy atom. The molecule has 0 aliphatic rings. The zero-order valence-electron chi connectivity index (χ0n) is 15.2. The van der Waals surface area contributed by atoms with E-state index in [1.165, 1.54) is 24.4 Å². The number of hydrogen-bond donors (Lipinski definition) is 2. The fraction of sp³-hybridized carbons (Fsp3) is 0.105. The fourth-order valence-electron chi connectivity index (χ4n) is 2.25. The van der Waals surface area contributed by atoms with Crippen LogP contribution in [0.2, 0.25) is 0 Å². The summed E-state index contributed by atoms with van der Waals surface area (Å²) in [6.45, 7) is 3.44. The Morgan fingerprint density at radius 3 is 2.36 bits per heavy atom. The molecule has 0 saturated heterocycles. The van der Waals surface area contributed by atoms with Gasteiger partial charge in [0, 0.05) is 41.5 Å². The number of anilines is 2.